The molecule has 1 aromatic heterocycles. The molecule has 2 aromatic rings. The molecule has 0 radical (unpaired) electrons. The topological polar surface area (TPSA) is 86.0 Å². The molecule has 1 heterocycles. The summed E-state index contributed by atoms with van der Waals surface area (Å²) in [7, 11) is 0. The molecule has 138 valence electrons. The van der Waals surface area contributed by atoms with E-state index in [0.717, 1.165) is 36.8 Å². The van der Waals surface area contributed by atoms with E-state index in [1.54, 1.807) is 18.2 Å². The summed E-state index contributed by atoms with van der Waals surface area (Å²) in [5, 5.41) is 22.0. The van der Waals surface area contributed by atoms with Crippen LogP contribution in [0.25, 0.3) is 6.08 Å². The third kappa shape index (κ3) is 4.44. The molecule has 1 aliphatic carbocycles. The van der Waals surface area contributed by atoms with Crippen molar-refractivity contribution in [2.45, 2.75) is 37.8 Å². The van der Waals surface area contributed by atoms with Crippen LogP contribution in [0.2, 0.25) is 0 Å². The van der Waals surface area contributed by atoms with Gasteiger partial charge in [-0.25, -0.2) is 4.98 Å². The number of pyridine rings is 1. The minimum absolute atomic E-state index is 0.0187. The number of nitrogens with one attached hydrogen (secondary N) is 1. The lowest BCUT2D eigenvalue weighted by Gasteiger charge is -2.31. The number of nitrogens with zero attached hydrogens (tertiary/aromatic N) is 2. The van der Waals surface area contributed by atoms with Crippen LogP contribution in [0.4, 0.5) is 0 Å². The van der Waals surface area contributed by atoms with Gasteiger partial charge < -0.3 is 10.4 Å². The van der Waals surface area contributed by atoms with E-state index in [1.165, 1.54) is 6.08 Å². The zero-order chi connectivity index (χ0) is 19.3. The highest BCUT2D eigenvalue weighted by Gasteiger charge is 2.37. The minimum atomic E-state index is -0.511. The summed E-state index contributed by atoms with van der Waals surface area (Å²) in [6.07, 6.45) is 5.11. The smallest absolute Gasteiger partial charge is 0.262 e. The monoisotopic (exact) mass is 425 g/mol. The predicted molar refractivity (Wildman–Crippen MR) is 106 cm³/mol. The van der Waals surface area contributed by atoms with Gasteiger partial charge in [-0.3, -0.25) is 4.79 Å². The van der Waals surface area contributed by atoms with Gasteiger partial charge in [0, 0.05) is 0 Å². The van der Waals surface area contributed by atoms with Gasteiger partial charge in [0.1, 0.15) is 16.2 Å². The fraction of sp³-hybridized carbons (Fsp3) is 0.286. The Morgan fingerprint density at radius 1 is 1.30 bits per heavy atom. The summed E-state index contributed by atoms with van der Waals surface area (Å²) in [6, 6.07) is 15.0. The second-order valence-corrected chi connectivity index (χ2v) is 7.47. The molecule has 1 saturated carbocycles. The van der Waals surface area contributed by atoms with Gasteiger partial charge in [-0.1, -0.05) is 43.2 Å². The highest BCUT2D eigenvalue weighted by Crippen LogP contribution is 2.39. The summed E-state index contributed by atoms with van der Waals surface area (Å²) in [4.78, 5) is 17.1. The number of benzene rings is 1. The Hall–Kier alpha value is -2.49. The van der Waals surface area contributed by atoms with Gasteiger partial charge in [0.25, 0.3) is 5.91 Å². The van der Waals surface area contributed by atoms with Crippen molar-refractivity contribution in [2.75, 3.05) is 0 Å². The van der Waals surface area contributed by atoms with E-state index in [0.29, 0.717) is 10.3 Å². The predicted octanol–water partition coefficient (Wildman–Crippen LogP) is 3.83. The van der Waals surface area contributed by atoms with Crippen LogP contribution in [0.1, 0.15) is 42.5 Å². The Kier molecular flexibility index (Phi) is 6.04. The number of aliphatic hydroxyl groups excluding tert-OH is 1. The molecule has 0 saturated heterocycles. The average molecular weight is 426 g/mol. The molecule has 3 rings (SSSR count). The van der Waals surface area contributed by atoms with Crippen molar-refractivity contribution in [1.82, 2.24) is 10.3 Å². The molecule has 0 unspecified atom stereocenters. The molecule has 0 bridgehead atoms. The molecule has 1 aromatic carbocycles. The standard InChI is InChI=1S/C21H20BrN3O2/c22-19-8-4-7-18(24-19)12-16(13-23)20(27)25-21(9-1-2-10-21)17-6-3-5-15(11-17)14-26/h3-8,11-12,26H,1-2,9-10,14H2,(H,25,27)/b16-12+. The van der Waals surface area contributed by atoms with Gasteiger partial charge >= 0.3 is 0 Å². The maximum atomic E-state index is 12.9. The lowest BCUT2D eigenvalue weighted by Crippen LogP contribution is -2.44. The Morgan fingerprint density at radius 3 is 2.70 bits per heavy atom. The van der Waals surface area contributed by atoms with Crippen LogP contribution in [0.15, 0.2) is 52.6 Å². The first-order chi connectivity index (χ1) is 13.1. The number of carbonyl (C=O) groups is 1. The zero-order valence-electron chi connectivity index (χ0n) is 14.8. The summed E-state index contributed by atoms with van der Waals surface area (Å²) in [5.41, 5.74) is 1.83. The lowest BCUT2D eigenvalue weighted by molar-refractivity contribution is -0.119. The van der Waals surface area contributed by atoms with Crippen LogP contribution in [0.5, 0.6) is 0 Å². The largest absolute Gasteiger partial charge is 0.392 e. The van der Waals surface area contributed by atoms with Crippen LogP contribution >= 0.6 is 15.9 Å². The number of aromatic nitrogens is 1. The third-order valence-electron chi connectivity index (χ3n) is 4.87. The Morgan fingerprint density at radius 2 is 2.04 bits per heavy atom. The highest BCUT2D eigenvalue weighted by molar-refractivity contribution is 9.10. The number of rotatable bonds is 5. The van der Waals surface area contributed by atoms with Crippen LogP contribution < -0.4 is 5.32 Å². The number of nitriles is 1. The Bertz CT molecular complexity index is 912. The van der Waals surface area contributed by atoms with Crippen molar-refractivity contribution in [3.8, 4) is 6.07 Å². The van der Waals surface area contributed by atoms with Crippen LogP contribution in [-0.2, 0) is 16.9 Å². The third-order valence-corrected chi connectivity index (χ3v) is 5.31. The maximum absolute atomic E-state index is 12.9. The molecule has 2 N–H and O–H groups in total. The van der Waals surface area contributed by atoms with E-state index in [2.05, 4.69) is 26.2 Å². The van der Waals surface area contributed by atoms with Gasteiger partial charge in [0.15, 0.2) is 0 Å². The lowest BCUT2D eigenvalue weighted by atomic mass is 9.86. The van der Waals surface area contributed by atoms with Crippen molar-refractivity contribution in [3.05, 3.63) is 69.5 Å². The molecular weight excluding hydrogens is 406 g/mol. The zero-order valence-corrected chi connectivity index (χ0v) is 16.4. The summed E-state index contributed by atoms with van der Waals surface area (Å²) < 4.78 is 0.641. The van der Waals surface area contributed by atoms with Crippen molar-refractivity contribution >= 4 is 27.9 Å². The number of hydrogen-bond donors (Lipinski definition) is 2. The number of halogens is 1. The van der Waals surface area contributed by atoms with E-state index in [9.17, 15) is 15.2 Å². The van der Waals surface area contributed by atoms with Gasteiger partial charge in [-0.05, 0) is 58.1 Å². The summed E-state index contributed by atoms with van der Waals surface area (Å²) in [5.74, 6) is -0.407. The van der Waals surface area contributed by atoms with E-state index < -0.39 is 11.4 Å². The number of hydrogen-bond acceptors (Lipinski definition) is 4. The normalized spacial score (nSPS) is 16.0. The first kappa shape index (κ1) is 19.3. The van der Waals surface area contributed by atoms with Crippen molar-refractivity contribution in [3.63, 3.8) is 0 Å². The number of carbonyl (C=O) groups excluding carboxylic acids is 1. The molecule has 1 amide bonds. The van der Waals surface area contributed by atoms with Gasteiger partial charge in [-0.15, -0.1) is 0 Å². The van der Waals surface area contributed by atoms with Gasteiger partial charge in [-0.2, -0.15) is 5.26 Å². The number of aliphatic hydroxyl groups is 1. The molecular formula is C21H20BrN3O2. The molecule has 27 heavy (non-hydrogen) atoms. The fourth-order valence-electron chi connectivity index (χ4n) is 3.52. The van der Waals surface area contributed by atoms with E-state index in [-0.39, 0.29) is 12.2 Å². The van der Waals surface area contributed by atoms with Crippen LogP contribution in [0, 0.1) is 11.3 Å². The first-order valence-corrected chi connectivity index (χ1v) is 9.63. The number of amides is 1. The molecule has 5 nitrogen and oxygen atoms in total. The molecule has 0 atom stereocenters. The molecule has 1 aliphatic rings. The highest BCUT2D eigenvalue weighted by atomic mass is 79.9. The fourth-order valence-corrected chi connectivity index (χ4v) is 3.87. The molecule has 1 fully saturated rings. The second kappa shape index (κ2) is 8.47. The Balaban J connectivity index is 1.89. The SMILES string of the molecule is N#C/C(=C\c1cccc(Br)n1)C(=O)NC1(c2cccc(CO)c2)CCCC1. The summed E-state index contributed by atoms with van der Waals surface area (Å²) >= 11 is 3.29. The van der Waals surface area contributed by atoms with E-state index in [1.807, 2.05) is 30.3 Å². The van der Waals surface area contributed by atoms with Crippen LogP contribution in [-0.4, -0.2) is 16.0 Å². The second-order valence-electron chi connectivity index (χ2n) is 6.66. The quantitative estimate of drug-likeness (QED) is 0.432. The van der Waals surface area contributed by atoms with E-state index >= 15 is 0 Å². The molecule has 6 heteroatoms. The van der Waals surface area contributed by atoms with Gasteiger partial charge in [0.2, 0.25) is 0 Å². The van der Waals surface area contributed by atoms with Gasteiger partial charge in [0.05, 0.1) is 17.8 Å². The average Bonchev–Trinajstić information content (AvgIpc) is 3.15. The minimum Gasteiger partial charge on any atom is -0.392 e. The maximum Gasteiger partial charge on any atom is 0.262 e. The van der Waals surface area contributed by atoms with E-state index in [4.69, 9.17) is 0 Å². The first-order valence-electron chi connectivity index (χ1n) is 8.83. The van der Waals surface area contributed by atoms with Crippen molar-refractivity contribution < 1.29 is 9.90 Å². The summed E-state index contributed by atoms with van der Waals surface area (Å²) in [6.45, 7) is -0.0459. The molecule has 0 aliphatic heterocycles. The van der Waals surface area contributed by atoms with Crippen molar-refractivity contribution in [2.24, 2.45) is 0 Å². The van der Waals surface area contributed by atoms with Crippen molar-refractivity contribution in [1.29, 1.82) is 5.26 Å². The van der Waals surface area contributed by atoms with Crippen LogP contribution in [0.3, 0.4) is 0 Å². The Labute approximate surface area is 166 Å². The molecule has 0 spiro atoms.